The van der Waals surface area contributed by atoms with Crippen LogP contribution in [0.4, 0.5) is 10.1 Å². The average Bonchev–Trinajstić information content (AvgIpc) is 2.44. The molecule has 0 aliphatic rings. The zero-order valence-corrected chi connectivity index (χ0v) is 11.2. The first-order chi connectivity index (χ1) is 9.49. The molecule has 2 aromatic rings. The number of benzene rings is 2. The van der Waals surface area contributed by atoms with E-state index in [1.54, 1.807) is 12.1 Å². The van der Waals surface area contributed by atoms with Crippen LogP contribution in [0.25, 0.3) is 0 Å². The van der Waals surface area contributed by atoms with Crippen LogP contribution in [0.1, 0.15) is 21.5 Å². The molecule has 0 saturated heterocycles. The number of carbonyl (C=O) groups is 2. The number of aryl methyl sites for hydroxylation is 1. The van der Waals surface area contributed by atoms with Crippen molar-refractivity contribution < 1.29 is 14.0 Å². The first-order valence-corrected chi connectivity index (χ1v) is 6.16. The van der Waals surface area contributed by atoms with Crippen LogP contribution in [0.3, 0.4) is 0 Å². The molecule has 2 aromatic carbocycles. The Balaban J connectivity index is 2.18. The minimum atomic E-state index is -0.731. The molecule has 0 spiro atoms. The zero-order valence-electron chi connectivity index (χ0n) is 11.2. The van der Waals surface area contributed by atoms with Gasteiger partial charge in [-0.2, -0.15) is 0 Å². The molecule has 0 saturated carbocycles. The van der Waals surface area contributed by atoms with Gasteiger partial charge in [0.2, 0.25) is 0 Å². The third kappa shape index (κ3) is 2.91. The SMILES string of the molecule is Cc1cccc(NC(=O)C(=O)c2ccc(F)cc2)c1C. The summed E-state index contributed by atoms with van der Waals surface area (Å²) >= 11 is 0. The Morgan fingerprint density at radius 3 is 2.30 bits per heavy atom. The fraction of sp³-hybridized carbons (Fsp3) is 0.125. The molecular weight excluding hydrogens is 257 g/mol. The van der Waals surface area contributed by atoms with Crippen LogP contribution in [0.15, 0.2) is 42.5 Å². The first kappa shape index (κ1) is 13.9. The third-order valence-electron chi connectivity index (χ3n) is 3.17. The smallest absolute Gasteiger partial charge is 0.296 e. The van der Waals surface area contributed by atoms with E-state index in [4.69, 9.17) is 0 Å². The number of nitrogens with one attached hydrogen (secondary N) is 1. The topological polar surface area (TPSA) is 46.2 Å². The van der Waals surface area contributed by atoms with Gasteiger partial charge in [-0.25, -0.2) is 4.39 Å². The first-order valence-electron chi connectivity index (χ1n) is 6.16. The lowest BCUT2D eigenvalue weighted by Gasteiger charge is -2.09. The molecule has 0 atom stereocenters. The average molecular weight is 271 g/mol. The highest BCUT2D eigenvalue weighted by Gasteiger charge is 2.17. The third-order valence-corrected chi connectivity index (χ3v) is 3.17. The number of anilines is 1. The Hall–Kier alpha value is -2.49. The molecule has 1 N–H and O–H groups in total. The van der Waals surface area contributed by atoms with E-state index in [1.165, 1.54) is 12.1 Å². The maximum absolute atomic E-state index is 12.8. The number of hydrogen-bond acceptors (Lipinski definition) is 2. The number of halogens is 1. The van der Waals surface area contributed by atoms with E-state index >= 15 is 0 Å². The van der Waals surface area contributed by atoms with Gasteiger partial charge in [0.15, 0.2) is 0 Å². The van der Waals surface area contributed by atoms with Gasteiger partial charge in [0, 0.05) is 11.3 Å². The van der Waals surface area contributed by atoms with Crippen molar-refractivity contribution in [2.24, 2.45) is 0 Å². The lowest BCUT2D eigenvalue weighted by atomic mass is 10.1. The van der Waals surface area contributed by atoms with Gasteiger partial charge in [0.25, 0.3) is 11.7 Å². The minimum absolute atomic E-state index is 0.161. The lowest BCUT2D eigenvalue weighted by Crippen LogP contribution is -2.23. The Morgan fingerprint density at radius 2 is 1.65 bits per heavy atom. The van der Waals surface area contributed by atoms with Crippen molar-refractivity contribution in [2.75, 3.05) is 5.32 Å². The number of ketones is 1. The van der Waals surface area contributed by atoms with Gasteiger partial charge in [-0.15, -0.1) is 0 Å². The Labute approximate surface area is 116 Å². The van der Waals surface area contributed by atoms with E-state index < -0.39 is 17.5 Å². The van der Waals surface area contributed by atoms with Crippen LogP contribution in [-0.2, 0) is 4.79 Å². The number of Topliss-reactive ketones (excluding diaryl/α,β-unsaturated/α-hetero) is 1. The summed E-state index contributed by atoms with van der Waals surface area (Å²) in [6, 6.07) is 10.4. The van der Waals surface area contributed by atoms with Crippen LogP contribution in [0, 0.1) is 19.7 Å². The maximum atomic E-state index is 12.8. The number of hydrogen-bond donors (Lipinski definition) is 1. The van der Waals surface area contributed by atoms with Crippen LogP contribution in [-0.4, -0.2) is 11.7 Å². The van der Waals surface area contributed by atoms with Gasteiger partial charge in [0.1, 0.15) is 5.82 Å². The standard InChI is InChI=1S/C16H14FNO2/c1-10-4-3-5-14(11(10)2)18-16(20)15(19)12-6-8-13(17)9-7-12/h3-9H,1-2H3,(H,18,20). The lowest BCUT2D eigenvalue weighted by molar-refractivity contribution is -0.112. The second kappa shape index (κ2) is 5.65. The summed E-state index contributed by atoms with van der Waals surface area (Å²) in [7, 11) is 0. The van der Waals surface area contributed by atoms with Gasteiger partial charge in [0.05, 0.1) is 0 Å². The molecule has 2 rings (SSSR count). The van der Waals surface area contributed by atoms with E-state index in [0.717, 1.165) is 23.3 Å². The summed E-state index contributed by atoms with van der Waals surface area (Å²) in [5, 5.41) is 2.58. The van der Waals surface area contributed by atoms with Crippen molar-refractivity contribution in [2.45, 2.75) is 13.8 Å². The second-order valence-electron chi connectivity index (χ2n) is 4.54. The molecule has 0 radical (unpaired) electrons. The summed E-state index contributed by atoms with van der Waals surface area (Å²) in [5.74, 6) is -1.87. The van der Waals surface area contributed by atoms with Gasteiger partial charge < -0.3 is 5.32 Å². The van der Waals surface area contributed by atoms with E-state index in [1.807, 2.05) is 19.9 Å². The predicted molar refractivity (Wildman–Crippen MR) is 75.3 cm³/mol. The summed E-state index contributed by atoms with van der Waals surface area (Å²) in [5.41, 5.74) is 2.70. The fourth-order valence-electron chi connectivity index (χ4n) is 1.80. The molecule has 0 heterocycles. The molecule has 0 aliphatic carbocycles. The fourth-order valence-corrected chi connectivity index (χ4v) is 1.80. The molecule has 4 heteroatoms. The summed E-state index contributed by atoms with van der Waals surface area (Å²) in [4.78, 5) is 23.8. The molecule has 102 valence electrons. The Kier molecular flexibility index (Phi) is 3.94. The molecule has 3 nitrogen and oxygen atoms in total. The highest BCUT2D eigenvalue weighted by atomic mass is 19.1. The molecule has 0 aromatic heterocycles. The van der Waals surface area contributed by atoms with Crippen LogP contribution < -0.4 is 5.32 Å². The maximum Gasteiger partial charge on any atom is 0.296 e. The number of rotatable bonds is 3. The minimum Gasteiger partial charge on any atom is -0.319 e. The Bertz CT molecular complexity index is 663. The molecule has 0 aliphatic heterocycles. The number of carbonyl (C=O) groups excluding carboxylic acids is 2. The largest absolute Gasteiger partial charge is 0.319 e. The van der Waals surface area contributed by atoms with Crippen molar-refractivity contribution in [1.29, 1.82) is 0 Å². The monoisotopic (exact) mass is 271 g/mol. The van der Waals surface area contributed by atoms with E-state index in [2.05, 4.69) is 5.32 Å². The van der Waals surface area contributed by atoms with Gasteiger partial charge in [-0.05, 0) is 55.3 Å². The quantitative estimate of drug-likeness (QED) is 0.688. The van der Waals surface area contributed by atoms with Gasteiger partial charge in [-0.1, -0.05) is 12.1 Å². The summed E-state index contributed by atoms with van der Waals surface area (Å²) < 4.78 is 12.8. The number of amides is 1. The Morgan fingerprint density at radius 1 is 1.00 bits per heavy atom. The zero-order chi connectivity index (χ0) is 14.7. The molecule has 20 heavy (non-hydrogen) atoms. The van der Waals surface area contributed by atoms with Crippen LogP contribution >= 0.6 is 0 Å². The van der Waals surface area contributed by atoms with Crippen molar-refractivity contribution in [3.05, 3.63) is 65.0 Å². The van der Waals surface area contributed by atoms with Crippen LogP contribution in [0.2, 0.25) is 0 Å². The van der Waals surface area contributed by atoms with E-state index in [0.29, 0.717) is 5.69 Å². The predicted octanol–water partition coefficient (Wildman–Crippen LogP) is 3.26. The highest BCUT2D eigenvalue weighted by Crippen LogP contribution is 2.18. The highest BCUT2D eigenvalue weighted by molar-refractivity contribution is 6.46. The molecule has 0 fully saturated rings. The second-order valence-corrected chi connectivity index (χ2v) is 4.54. The summed E-state index contributed by atoms with van der Waals surface area (Å²) in [6.07, 6.45) is 0. The molecule has 0 unspecified atom stereocenters. The van der Waals surface area contributed by atoms with E-state index in [-0.39, 0.29) is 5.56 Å². The summed E-state index contributed by atoms with van der Waals surface area (Å²) in [6.45, 7) is 3.79. The van der Waals surface area contributed by atoms with Gasteiger partial charge >= 0.3 is 0 Å². The normalized spacial score (nSPS) is 10.2. The van der Waals surface area contributed by atoms with Crippen LogP contribution in [0.5, 0.6) is 0 Å². The van der Waals surface area contributed by atoms with Crippen molar-refractivity contribution in [3.63, 3.8) is 0 Å². The van der Waals surface area contributed by atoms with Crippen molar-refractivity contribution in [1.82, 2.24) is 0 Å². The molecular formula is C16H14FNO2. The van der Waals surface area contributed by atoms with Gasteiger partial charge in [-0.3, -0.25) is 9.59 Å². The van der Waals surface area contributed by atoms with E-state index in [9.17, 15) is 14.0 Å². The molecule has 0 bridgehead atoms. The molecule has 1 amide bonds. The van der Waals surface area contributed by atoms with Crippen molar-refractivity contribution >= 4 is 17.4 Å². The van der Waals surface area contributed by atoms with Crippen molar-refractivity contribution in [3.8, 4) is 0 Å².